The molecular formula is C16H17ClN2O. The van der Waals surface area contributed by atoms with Gasteiger partial charge in [-0.25, -0.2) is 0 Å². The quantitative estimate of drug-likeness (QED) is 0.887. The maximum Gasteiger partial charge on any atom is 0.224 e. The lowest BCUT2D eigenvalue weighted by molar-refractivity contribution is -0.119. The predicted octanol–water partition coefficient (Wildman–Crippen LogP) is 3.24. The van der Waals surface area contributed by atoms with Crippen molar-refractivity contribution in [2.45, 2.75) is 13.0 Å². The molecule has 20 heavy (non-hydrogen) atoms. The van der Waals surface area contributed by atoms with Crippen LogP contribution in [0.4, 0.5) is 5.69 Å². The average Bonchev–Trinajstić information content (AvgIpc) is 2.46. The monoisotopic (exact) mass is 288 g/mol. The van der Waals surface area contributed by atoms with Gasteiger partial charge in [0.1, 0.15) is 0 Å². The molecule has 0 saturated heterocycles. The van der Waals surface area contributed by atoms with E-state index in [0.717, 1.165) is 28.4 Å². The van der Waals surface area contributed by atoms with Crippen molar-refractivity contribution in [1.29, 1.82) is 0 Å². The molecule has 0 heterocycles. The minimum atomic E-state index is 0.0182. The zero-order valence-electron chi connectivity index (χ0n) is 11.3. The summed E-state index contributed by atoms with van der Waals surface area (Å²) in [4.78, 5) is 11.3. The number of likely N-dealkylation sites (N-methyl/N-ethyl adjacent to an activating group) is 1. The Bertz CT molecular complexity index is 581. The zero-order valence-corrected chi connectivity index (χ0v) is 12.1. The van der Waals surface area contributed by atoms with Crippen LogP contribution in [0, 0.1) is 0 Å². The van der Waals surface area contributed by atoms with Crippen molar-refractivity contribution in [1.82, 2.24) is 5.32 Å². The van der Waals surface area contributed by atoms with E-state index in [1.54, 1.807) is 7.05 Å². The van der Waals surface area contributed by atoms with Gasteiger partial charge in [-0.15, -0.1) is 0 Å². The molecule has 2 aromatic rings. The summed E-state index contributed by atoms with van der Waals surface area (Å²) in [7, 11) is 1.64. The summed E-state index contributed by atoms with van der Waals surface area (Å²) in [6.07, 6.45) is 0.408. The Balaban J connectivity index is 1.92. The first-order valence-electron chi connectivity index (χ1n) is 6.45. The molecule has 3 nitrogen and oxygen atoms in total. The molecule has 1 amide bonds. The van der Waals surface area contributed by atoms with Crippen LogP contribution in [0.5, 0.6) is 0 Å². The van der Waals surface area contributed by atoms with Gasteiger partial charge in [0.05, 0.1) is 6.42 Å². The molecule has 2 rings (SSSR count). The van der Waals surface area contributed by atoms with Crippen molar-refractivity contribution in [3.05, 3.63) is 64.7 Å². The Labute approximate surface area is 124 Å². The molecule has 0 radical (unpaired) electrons. The molecule has 0 saturated carbocycles. The Morgan fingerprint density at radius 1 is 1.10 bits per heavy atom. The summed E-state index contributed by atoms with van der Waals surface area (Å²) in [5.41, 5.74) is 3.15. The maximum absolute atomic E-state index is 11.3. The summed E-state index contributed by atoms with van der Waals surface area (Å²) in [5.74, 6) is 0.0182. The standard InChI is InChI=1S/C16H17ClN2O/c1-18-16(20)10-12-5-7-15(8-6-12)19-11-13-3-2-4-14(17)9-13/h2-9,19H,10-11H2,1H3,(H,18,20). The second-order valence-electron chi connectivity index (χ2n) is 4.53. The van der Waals surface area contributed by atoms with Crippen molar-refractivity contribution >= 4 is 23.2 Å². The molecule has 0 aliphatic carbocycles. The first kappa shape index (κ1) is 14.4. The highest BCUT2D eigenvalue weighted by Crippen LogP contribution is 2.14. The van der Waals surface area contributed by atoms with Crippen molar-refractivity contribution < 1.29 is 4.79 Å². The van der Waals surface area contributed by atoms with Crippen LogP contribution in [-0.2, 0) is 17.8 Å². The second kappa shape index (κ2) is 6.96. The molecule has 4 heteroatoms. The third-order valence-electron chi connectivity index (χ3n) is 2.98. The van der Waals surface area contributed by atoms with E-state index in [-0.39, 0.29) is 5.91 Å². The number of anilines is 1. The number of carbonyl (C=O) groups is 1. The molecule has 0 aliphatic heterocycles. The summed E-state index contributed by atoms with van der Waals surface area (Å²) < 4.78 is 0. The zero-order chi connectivity index (χ0) is 14.4. The lowest BCUT2D eigenvalue weighted by Gasteiger charge is -2.08. The number of nitrogens with one attached hydrogen (secondary N) is 2. The van der Waals surface area contributed by atoms with Crippen LogP contribution in [-0.4, -0.2) is 13.0 Å². The van der Waals surface area contributed by atoms with E-state index in [4.69, 9.17) is 11.6 Å². The van der Waals surface area contributed by atoms with Gasteiger partial charge in [-0.2, -0.15) is 0 Å². The van der Waals surface area contributed by atoms with Crippen LogP contribution in [0.3, 0.4) is 0 Å². The number of amides is 1. The lowest BCUT2D eigenvalue weighted by Crippen LogP contribution is -2.19. The minimum absolute atomic E-state index is 0.0182. The van der Waals surface area contributed by atoms with Gasteiger partial charge in [0.25, 0.3) is 0 Å². The van der Waals surface area contributed by atoms with Gasteiger partial charge in [-0.05, 0) is 35.4 Å². The molecule has 0 aliphatic rings. The van der Waals surface area contributed by atoms with Gasteiger partial charge in [-0.1, -0.05) is 35.9 Å². The molecule has 2 aromatic carbocycles. The maximum atomic E-state index is 11.3. The Morgan fingerprint density at radius 2 is 1.85 bits per heavy atom. The number of rotatable bonds is 5. The average molecular weight is 289 g/mol. The normalized spacial score (nSPS) is 10.1. The molecule has 2 N–H and O–H groups in total. The van der Waals surface area contributed by atoms with Crippen LogP contribution in [0.15, 0.2) is 48.5 Å². The van der Waals surface area contributed by atoms with E-state index in [1.165, 1.54) is 0 Å². The number of hydrogen-bond donors (Lipinski definition) is 2. The van der Waals surface area contributed by atoms with Crippen LogP contribution < -0.4 is 10.6 Å². The molecular weight excluding hydrogens is 272 g/mol. The second-order valence-corrected chi connectivity index (χ2v) is 4.97. The van der Waals surface area contributed by atoms with Gasteiger partial charge < -0.3 is 10.6 Å². The first-order valence-corrected chi connectivity index (χ1v) is 6.83. The van der Waals surface area contributed by atoms with Crippen molar-refractivity contribution in [2.75, 3.05) is 12.4 Å². The van der Waals surface area contributed by atoms with Gasteiger partial charge in [0.15, 0.2) is 0 Å². The van der Waals surface area contributed by atoms with Crippen LogP contribution >= 0.6 is 11.6 Å². The topological polar surface area (TPSA) is 41.1 Å². The van der Waals surface area contributed by atoms with Crippen molar-refractivity contribution in [2.24, 2.45) is 0 Å². The summed E-state index contributed by atoms with van der Waals surface area (Å²) >= 11 is 5.94. The fraction of sp³-hybridized carbons (Fsp3) is 0.188. The van der Waals surface area contributed by atoms with Gasteiger partial charge in [-0.3, -0.25) is 4.79 Å². The van der Waals surface area contributed by atoms with E-state index >= 15 is 0 Å². The van der Waals surface area contributed by atoms with E-state index in [9.17, 15) is 4.79 Å². The molecule has 0 spiro atoms. The van der Waals surface area contributed by atoms with E-state index in [1.807, 2.05) is 48.5 Å². The SMILES string of the molecule is CNC(=O)Cc1ccc(NCc2cccc(Cl)c2)cc1. The molecule has 104 valence electrons. The number of benzene rings is 2. The number of hydrogen-bond acceptors (Lipinski definition) is 2. The fourth-order valence-electron chi connectivity index (χ4n) is 1.87. The fourth-order valence-corrected chi connectivity index (χ4v) is 2.08. The minimum Gasteiger partial charge on any atom is -0.381 e. The Hall–Kier alpha value is -2.00. The third kappa shape index (κ3) is 4.28. The van der Waals surface area contributed by atoms with Crippen molar-refractivity contribution in [3.8, 4) is 0 Å². The largest absolute Gasteiger partial charge is 0.381 e. The lowest BCUT2D eigenvalue weighted by atomic mass is 10.1. The highest BCUT2D eigenvalue weighted by Gasteiger charge is 2.01. The molecule has 0 fully saturated rings. The predicted molar refractivity (Wildman–Crippen MR) is 83.0 cm³/mol. The van der Waals surface area contributed by atoms with Gasteiger partial charge in [0.2, 0.25) is 5.91 Å². The molecule has 0 atom stereocenters. The van der Waals surface area contributed by atoms with Crippen LogP contribution in [0.25, 0.3) is 0 Å². The van der Waals surface area contributed by atoms with Crippen LogP contribution in [0.1, 0.15) is 11.1 Å². The van der Waals surface area contributed by atoms with Crippen molar-refractivity contribution in [3.63, 3.8) is 0 Å². The summed E-state index contributed by atoms with van der Waals surface area (Å²) in [6.45, 7) is 0.718. The number of halogens is 1. The van der Waals surface area contributed by atoms with Crippen LogP contribution in [0.2, 0.25) is 5.02 Å². The Morgan fingerprint density at radius 3 is 2.50 bits per heavy atom. The first-order chi connectivity index (χ1) is 9.67. The summed E-state index contributed by atoms with van der Waals surface area (Å²) in [5, 5.41) is 6.68. The molecule has 0 bridgehead atoms. The van der Waals surface area contributed by atoms with E-state index < -0.39 is 0 Å². The molecule has 0 unspecified atom stereocenters. The number of carbonyl (C=O) groups excluding carboxylic acids is 1. The van der Waals surface area contributed by atoms with E-state index in [0.29, 0.717) is 6.42 Å². The summed E-state index contributed by atoms with van der Waals surface area (Å²) in [6, 6.07) is 15.6. The smallest absolute Gasteiger partial charge is 0.224 e. The highest BCUT2D eigenvalue weighted by molar-refractivity contribution is 6.30. The van der Waals surface area contributed by atoms with E-state index in [2.05, 4.69) is 10.6 Å². The van der Waals surface area contributed by atoms with Gasteiger partial charge >= 0.3 is 0 Å². The molecule has 0 aromatic heterocycles. The van der Waals surface area contributed by atoms with Gasteiger partial charge in [0, 0.05) is 24.3 Å². The Kier molecular flexibility index (Phi) is 5.02. The third-order valence-corrected chi connectivity index (χ3v) is 3.22. The highest BCUT2D eigenvalue weighted by atomic mass is 35.5.